The van der Waals surface area contributed by atoms with Crippen LogP contribution in [0.3, 0.4) is 0 Å². The first-order chi connectivity index (χ1) is 8.04. The number of rotatable bonds is 2. The Hall–Kier alpha value is -1.68. The first kappa shape index (κ1) is 13.4. The molecule has 0 atom stereocenters. The van der Waals surface area contributed by atoms with Gasteiger partial charge >= 0.3 is 0 Å². The summed E-state index contributed by atoms with van der Waals surface area (Å²) in [6.45, 7) is 5.76. The molecule has 0 fully saturated rings. The van der Waals surface area contributed by atoms with Gasteiger partial charge in [0.2, 0.25) is 5.91 Å². The van der Waals surface area contributed by atoms with Gasteiger partial charge in [0.05, 0.1) is 0 Å². The summed E-state index contributed by atoms with van der Waals surface area (Å²) >= 11 is 5.07. The molecule has 0 bridgehead atoms. The highest BCUT2D eigenvalue weighted by Gasteiger charge is 2.05. The molecule has 1 rings (SSSR count). The highest BCUT2D eigenvalue weighted by Crippen LogP contribution is 2.18. The Bertz CT molecular complexity index is 446. The van der Waals surface area contributed by atoms with E-state index in [1.54, 1.807) is 13.0 Å². The first-order valence-electron chi connectivity index (χ1n) is 5.35. The van der Waals surface area contributed by atoms with Gasteiger partial charge in [-0.25, -0.2) is 0 Å². The highest BCUT2D eigenvalue weighted by atomic mass is 32.1. The Morgan fingerprint density at radius 1 is 1.29 bits per heavy atom. The number of amides is 1. The number of anilines is 1. The maximum Gasteiger partial charge on any atom is 0.249 e. The van der Waals surface area contributed by atoms with E-state index in [1.165, 1.54) is 6.08 Å². The zero-order chi connectivity index (χ0) is 12.8. The van der Waals surface area contributed by atoms with Gasteiger partial charge in [-0.2, -0.15) is 0 Å². The van der Waals surface area contributed by atoms with E-state index in [9.17, 15) is 4.79 Å². The third kappa shape index (κ3) is 4.00. The van der Waals surface area contributed by atoms with Gasteiger partial charge in [-0.05, 0) is 50.2 Å². The standard InChI is InChI=1S/C13H16N2OS/c1-4-6-11(16)14-13(17)15-12-9(2)7-5-8-10(12)3/h4-8H,1-3H3,(H2,14,15,16,17)/b6-4+. The van der Waals surface area contributed by atoms with Crippen molar-refractivity contribution in [2.75, 3.05) is 5.32 Å². The van der Waals surface area contributed by atoms with Crippen molar-refractivity contribution in [2.45, 2.75) is 20.8 Å². The van der Waals surface area contributed by atoms with Crippen molar-refractivity contribution in [2.24, 2.45) is 0 Å². The van der Waals surface area contributed by atoms with Gasteiger partial charge in [0.1, 0.15) is 0 Å². The monoisotopic (exact) mass is 248 g/mol. The predicted molar refractivity (Wildman–Crippen MR) is 75.1 cm³/mol. The van der Waals surface area contributed by atoms with Gasteiger partial charge in [-0.1, -0.05) is 24.3 Å². The van der Waals surface area contributed by atoms with Crippen molar-refractivity contribution in [1.82, 2.24) is 5.32 Å². The van der Waals surface area contributed by atoms with Crippen LogP contribution in [0.2, 0.25) is 0 Å². The van der Waals surface area contributed by atoms with E-state index < -0.39 is 0 Å². The van der Waals surface area contributed by atoms with E-state index in [0.717, 1.165) is 16.8 Å². The minimum Gasteiger partial charge on any atom is -0.332 e. The summed E-state index contributed by atoms with van der Waals surface area (Å²) < 4.78 is 0. The Balaban J connectivity index is 2.72. The molecule has 0 heterocycles. The summed E-state index contributed by atoms with van der Waals surface area (Å²) in [6, 6.07) is 5.97. The number of hydrogen-bond acceptors (Lipinski definition) is 2. The van der Waals surface area contributed by atoms with Crippen LogP contribution in [0.1, 0.15) is 18.1 Å². The summed E-state index contributed by atoms with van der Waals surface area (Å²) in [7, 11) is 0. The third-order valence-corrected chi connectivity index (χ3v) is 2.48. The molecule has 90 valence electrons. The van der Waals surface area contributed by atoms with Crippen LogP contribution in [0.15, 0.2) is 30.4 Å². The van der Waals surface area contributed by atoms with Gasteiger partial charge in [-0.15, -0.1) is 0 Å². The van der Waals surface area contributed by atoms with Gasteiger partial charge in [0, 0.05) is 5.69 Å². The molecule has 1 aromatic carbocycles. The summed E-state index contributed by atoms with van der Waals surface area (Å²) in [5.74, 6) is -0.226. The molecule has 2 N–H and O–H groups in total. The molecule has 1 amide bonds. The molecule has 0 spiro atoms. The maximum absolute atomic E-state index is 11.3. The average molecular weight is 248 g/mol. The van der Waals surface area contributed by atoms with Crippen LogP contribution < -0.4 is 10.6 Å². The van der Waals surface area contributed by atoms with Gasteiger partial charge in [0.25, 0.3) is 0 Å². The molecular formula is C13H16N2OS. The fraction of sp³-hybridized carbons (Fsp3) is 0.231. The van der Waals surface area contributed by atoms with E-state index in [-0.39, 0.29) is 5.91 Å². The SMILES string of the molecule is C/C=C/C(=O)NC(=S)Nc1c(C)cccc1C. The summed E-state index contributed by atoms with van der Waals surface area (Å²) in [5, 5.41) is 5.92. The van der Waals surface area contributed by atoms with Crippen molar-refractivity contribution < 1.29 is 4.79 Å². The second-order valence-corrected chi connectivity index (χ2v) is 4.12. The van der Waals surface area contributed by atoms with Crippen molar-refractivity contribution in [1.29, 1.82) is 0 Å². The number of aryl methyl sites for hydroxylation is 2. The number of hydrogen-bond donors (Lipinski definition) is 2. The minimum absolute atomic E-state index is 0.226. The topological polar surface area (TPSA) is 41.1 Å². The van der Waals surface area contributed by atoms with Crippen LogP contribution >= 0.6 is 12.2 Å². The predicted octanol–water partition coefficient (Wildman–Crippen LogP) is 2.69. The normalized spacial score (nSPS) is 10.3. The Morgan fingerprint density at radius 3 is 2.41 bits per heavy atom. The molecule has 0 radical (unpaired) electrons. The van der Waals surface area contributed by atoms with Crippen molar-refractivity contribution >= 4 is 28.9 Å². The van der Waals surface area contributed by atoms with Gasteiger partial charge in [-0.3, -0.25) is 10.1 Å². The second-order valence-electron chi connectivity index (χ2n) is 3.71. The average Bonchev–Trinajstić information content (AvgIpc) is 2.24. The molecular weight excluding hydrogens is 232 g/mol. The fourth-order valence-electron chi connectivity index (χ4n) is 1.46. The van der Waals surface area contributed by atoms with Crippen molar-refractivity contribution in [3.05, 3.63) is 41.5 Å². The number of thiocarbonyl (C=S) groups is 1. The van der Waals surface area contributed by atoms with Crippen LogP contribution in [0.25, 0.3) is 0 Å². The highest BCUT2D eigenvalue weighted by molar-refractivity contribution is 7.80. The maximum atomic E-state index is 11.3. The zero-order valence-electron chi connectivity index (χ0n) is 10.2. The molecule has 1 aromatic rings. The number of para-hydroxylation sites is 1. The van der Waals surface area contributed by atoms with E-state index in [2.05, 4.69) is 10.6 Å². The van der Waals surface area contributed by atoms with Crippen LogP contribution in [-0.4, -0.2) is 11.0 Å². The fourth-order valence-corrected chi connectivity index (χ4v) is 1.66. The largest absolute Gasteiger partial charge is 0.332 e. The van der Waals surface area contributed by atoms with Crippen molar-refractivity contribution in [3.63, 3.8) is 0 Å². The third-order valence-electron chi connectivity index (χ3n) is 2.27. The van der Waals surface area contributed by atoms with E-state index in [4.69, 9.17) is 12.2 Å². The summed E-state index contributed by atoms with van der Waals surface area (Å²) in [6.07, 6.45) is 3.09. The summed E-state index contributed by atoms with van der Waals surface area (Å²) in [4.78, 5) is 11.3. The van der Waals surface area contributed by atoms with Crippen LogP contribution in [0.4, 0.5) is 5.69 Å². The lowest BCUT2D eigenvalue weighted by Gasteiger charge is -2.13. The molecule has 17 heavy (non-hydrogen) atoms. The molecule has 0 saturated heterocycles. The molecule has 4 heteroatoms. The second kappa shape index (κ2) is 6.15. The Morgan fingerprint density at radius 2 is 1.88 bits per heavy atom. The van der Waals surface area contributed by atoms with E-state index in [1.807, 2.05) is 32.0 Å². The smallest absolute Gasteiger partial charge is 0.249 e. The van der Waals surface area contributed by atoms with E-state index >= 15 is 0 Å². The zero-order valence-corrected chi connectivity index (χ0v) is 11.0. The molecule has 0 unspecified atom stereocenters. The van der Waals surface area contributed by atoms with Crippen LogP contribution in [-0.2, 0) is 4.79 Å². The Labute approximate surface area is 107 Å². The molecule has 0 aliphatic carbocycles. The van der Waals surface area contributed by atoms with Crippen LogP contribution in [0.5, 0.6) is 0 Å². The lowest BCUT2D eigenvalue weighted by Crippen LogP contribution is -2.33. The number of allylic oxidation sites excluding steroid dienone is 1. The Kier molecular flexibility index (Phi) is 4.84. The molecule has 0 saturated carbocycles. The first-order valence-corrected chi connectivity index (χ1v) is 5.76. The minimum atomic E-state index is -0.226. The molecule has 0 aromatic heterocycles. The molecule has 3 nitrogen and oxygen atoms in total. The number of carbonyl (C=O) groups is 1. The van der Waals surface area contributed by atoms with Gasteiger partial charge in [0.15, 0.2) is 5.11 Å². The van der Waals surface area contributed by atoms with E-state index in [0.29, 0.717) is 5.11 Å². The molecule has 0 aliphatic rings. The van der Waals surface area contributed by atoms with Gasteiger partial charge < -0.3 is 5.32 Å². The number of nitrogens with one attached hydrogen (secondary N) is 2. The summed E-state index contributed by atoms with van der Waals surface area (Å²) in [5.41, 5.74) is 3.12. The molecule has 0 aliphatic heterocycles. The van der Waals surface area contributed by atoms with Crippen LogP contribution in [0, 0.1) is 13.8 Å². The number of benzene rings is 1. The number of carbonyl (C=O) groups excluding carboxylic acids is 1. The lowest BCUT2D eigenvalue weighted by molar-refractivity contribution is -0.115. The lowest BCUT2D eigenvalue weighted by atomic mass is 10.1. The quantitative estimate of drug-likeness (QED) is 0.624. The van der Waals surface area contributed by atoms with Crippen molar-refractivity contribution in [3.8, 4) is 0 Å².